The third kappa shape index (κ3) is 3.26. The van der Waals surface area contributed by atoms with Gasteiger partial charge in [0.25, 0.3) is 5.88 Å². The van der Waals surface area contributed by atoms with Gasteiger partial charge in [0, 0.05) is 32.3 Å². The molecule has 2 fully saturated rings. The Balaban J connectivity index is 1.31. The minimum Gasteiger partial charge on any atom is -0.472 e. The van der Waals surface area contributed by atoms with Crippen molar-refractivity contribution in [2.24, 2.45) is 7.05 Å². The zero-order valence-electron chi connectivity index (χ0n) is 13.9. The molecule has 0 amide bonds. The topological polar surface area (TPSA) is 56.1 Å². The fourth-order valence-corrected chi connectivity index (χ4v) is 3.21. The van der Waals surface area contributed by atoms with Gasteiger partial charge in [-0.15, -0.1) is 10.2 Å². The van der Waals surface area contributed by atoms with Crippen molar-refractivity contribution in [3.63, 3.8) is 0 Å². The predicted octanol–water partition coefficient (Wildman–Crippen LogP) is 2.27. The van der Waals surface area contributed by atoms with Gasteiger partial charge in [-0.3, -0.25) is 4.90 Å². The summed E-state index contributed by atoms with van der Waals surface area (Å²) in [6, 6.07) is 2.95. The van der Waals surface area contributed by atoms with Gasteiger partial charge in [-0.05, 0) is 37.8 Å². The van der Waals surface area contributed by atoms with Crippen molar-refractivity contribution in [1.82, 2.24) is 24.6 Å². The smallest absolute Gasteiger partial charge is 0.250 e. The normalized spacial score (nSPS) is 19.6. The number of piperidine rings is 1. The van der Waals surface area contributed by atoms with Gasteiger partial charge in [0.15, 0.2) is 5.82 Å². The van der Waals surface area contributed by atoms with Crippen LogP contribution in [0.5, 0.6) is 5.88 Å². The predicted molar refractivity (Wildman–Crippen MR) is 86.1 cm³/mol. The van der Waals surface area contributed by atoms with Crippen LogP contribution in [0.2, 0.25) is 0 Å². The molecule has 24 heavy (non-hydrogen) atoms. The second-order valence-corrected chi connectivity index (χ2v) is 6.69. The summed E-state index contributed by atoms with van der Waals surface area (Å²) >= 11 is 0. The molecule has 2 aromatic heterocycles. The van der Waals surface area contributed by atoms with Gasteiger partial charge in [0.1, 0.15) is 17.8 Å². The van der Waals surface area contributed by atoms with Crippen LogP contribution < -0.4 is 4.74 Å². The number of pyridine rings is 1. The standard InChI is InChI=1S/C17H22FN5O/c1-22-15(20-21-16(22)12-4-5-12)11-23-9-6-13(7-10-23)24-17-14(18)3-2-8-19-17/h2-3,8,12-13H,4-7,9-11H2,1H3. The number of ether oxygens (including phenoxy) is 1. The molecule has 2 aliphatic rings. The van der Waals surface area contributed by atoms with E-state index in [0.717, 1.165) is 44.1 Å². The van der Waals surface area contributed by atoms with Crippen LogP contribution in [0.1, 0.15) is 43.3 Å². The Labute approximate surface area is 140 Å². The van der Waals surface area contributed by atoms with Crippen LogP contribution in [-0.4, -0.2) is 43.8 Å². The molecule has 0 radical (unpaired) electrons. The third-order valence-electron chi connectivity index (χ3n) is 4.84. The first-order valence-corrected chi connectivity index (χ1v) is 8.58. The molecule has 7 heteroatoms. The minimum absolute atomic E-state index is 0.0205. The van der Waals surface area contributed by atoms with Gasteiger partial charge in [-0.2, -0.15) is 0 Å². The fourth-order valence-electron chi connectivity index (χ4n) is 3.21. The molecule has 1 aliphatic heterocycles. The number of halogens is 1. The number of hydrogen-bond donors (Lipinski definition) is 0. The summed E-state index contributed by atoms with van der Waals surface area (Å²) in [5.74, 6) is 2.47. The van der Waals surface area contributed by atoms with Crippen molar-refractivity contribution in [2.75, 3.05) is 13.1 Å². The Kier molecular flexibility index (Phi) is 4.18. The molecular formula is C17H22FN5O. The highest BCUT2D eigenvalue weighted by Crippen LogP contribution is 2.38. The van der Waals surface area contributed by atoms with E-state index in [0.29, 0.717) is 5.92 Å². The monoisotopic (exact) mass is 331 g/mol. The summed E-state index contributed by atoms with van der Waals surface area (Å²) in [4.78, 5) is 6.32. The highest BCUT2D eigenvalue weighted by Gasteiger charge is 2.30. The molecule has 128 valence electrons. The van der Waals surface area contributed by atoms with Crippen molar-refractivity contribution in [2.45, 2.75) is 44.2 Å². The highest BCUT2D eigenvalue weighted by molar-refractivity contribution is 5.13. The molecule has 0 spiro atoms. The Morgan fingerprint density at radius 3 is 2.71 bits per heavy atom. The van der Waals surface area contributed by atoms with Gasteiger partial charge in [0.2, 0.25) is 0 Å². The lowest BCUT2D eigenvalue weighted by molar-refractivity contribution is 0.0878. The molecule has 0 bridgehead atoms. The molecule has 0 unspecified atom stereocenters. The summed E-state index contributed by atoms with van der Waals surface area (Å²) in [5, 5.41) is 8.69. The van der Waals surface area contributed by atoms with E-state index in [4.69, 9.17) is 4.74 Å². The molecule has 1 aliphatic carbocycles. The number of aromatic nitrogens is 4. The van der Waals surface area contributed by atoms with Crippen molar-refractivity contribution in [3.05, 3.63) is 35.8 Å². The Bertz CT molecular complexity index is 707. The zero-order valence-corrected chi connectivity index (χ0v) is 13.9. The third-order valence-corrected chi connectivity index (χ3v) is 4.84. The van der Waals surface area contributed by atoms with E-state index >= 15 is 0 Å². The van der Waals surface area contributed by atoms with Crippen LogP contribution in [0.4, 0.5) is 4.39 Å². The largest absolute Gasteiger partial charge is 0.472 e. The molecule has 1 saturated heterocycles. The van der Waals surface area contributed by atoms with Crippen LogP contribution >= 0.6 is 0 Å². The molecule has 1 saturated carbocycles. The number of likely N-dealkylation sites (tertiary alicyclic amines) is 1. The van der Waals surface area contributed by atoms with Crippen molar-refractivity contribution in [1.29, 1.82) is 0 Å². The Morgan fingerprint density at radius 2 is 2.00 bits per heavy atom. The number of rotatable bonds is 5. The summed E-state index contributed by atoms with van der Waals surface area (Å²) in [7, 11) is 2.06. The average Bonchev–Trinajstić information content (AvgIpc) is 3.37. The maximum absolute atomic E-state index is 13.6. The molecule has 0 atom stereocenters. The maximum Gasteiger partial charge on any atom is 0.250 e. The van der Waals surface area contributed by atoms with Crippen molar-refractivity contribution >= 4 is 0 Å². The van der Waals surface area contributed by atoms with Crippen molar-refractivity contribution in [3.8, 4) is 5.88 Å². The average molecular weight is 331 g/mol. The summed E-state index contributed by atoms with van der Waals surface area (Å²) in [6.07, 6.45) is 5.77. The zero-order chi connectivity index (χ0) is 16.5. The molecule has 6 nitrogen and oxygen atoms in total. The second kappa shape index (κ2) is 6.47. The Hall–Kier alpha value is -2.02. The molecule has 0 aromatic carbocycles. The lowest BCUT2D eigenvalue weighted by Crippen LogP contribution is -2.38. The van der Waals surface area contributed by atoms with Gasteiger partial charge in [-0.25, -0.2) is 9.37 Å². The van der Waals surface area contributed by atoms with Crippen LogP contribution in [-0.2, 0) is 13.6 Å². The molecular weight excluding hydrogens is 309 g/mol. The number of nitrogens with zero attached hydrogens (tertiary/aromatic N) is 5. The van der Waals surface area contributed by atoms with E-state index in [2.05, 4.69) is 31.7 Å². The summed E-state index contributed by atoms with van der Waals surface area (Å²) in [5.41, 5.74) is 0. The lowest BCUT2D eigenvalue weighted by atomic mass is 10.1. The minimum atomic E-state index is -0.397. The van der Waals surface area contributed by atoms with Crippen LogP contribution in [0.25, 0.3) is 0 Å². The van der Waals surface area contributed by atoms with E-state index in [1.807, 2.05) is 0 Å². The van der Waals surface area contributed by atoms with Crippen LogP contribution in [0.15, 0.2) is 18.3 Å². The van der Waals surface area contributed by atoms with Crippen molar-refractivity contribution < 1.29 is 9.13 Å². The number of hydrogen-bond acceptors (Lipinski definition) is 5. The Morgan fingerprint density at radius 1 is 1.21 bits per heavy atom. The second-order valence-electron chi connectivity index (χ2n) is 6.69. The molecule has 4 rings (SSSR count). The van der Waals surface area contributed by atoms with E-state index in [9.17, 15) is 4.39 Å². The summed E-state index contributed by atoms with van der Waals surface area (Å²) in [6.45, 7) is 2.62. The SMILES string of the molecule is Cn1c(CN2CCC(Oc3ncccc3F)CC2)nnc1C1CC1. The van der Waals surface area contributed by atoms with Gasteiger partial charge in [0.05, 0.1) is 6.54 Å². The first-order chi connectivity index (χ1) is 11.7. The summed E-state index contributed by atoms with van der Waals surface area (Å²) < 4.78 is 21.5. The van der Waals surface area contributed by atoms with Crippen LogP contribution in [0, 0.1) is 5.82 Å². The van der Waals surface area contributed by atoms with E-state index in [1.165, 1.54) is 18.9 Å². The molecule has 3 heterocycles. The lowest BCUT2D eigenvalue weighted by Gasteiger charge is -2.31. The fraction of sp³-hybridized carbons (Fsp3) is 0.588. The van der Waals surface area contributed by atoms with Gasteiger partial charge >= 0.3 is 0 Å². The van der Waals surface area contributed by atoms with Gasteiger partial charge in [-0.1, -0.05) is 0 Å². The maximum atomic E-state index is 13.6. The quantitative estimate of drug-likeness (QED) is 0.841. The highest BCUT2D eigenvalue weighted by atomic mass is 19.1. The van der Waals surface area contributed by atoms with Crippen LogP contribution in [0.3, 0.4) is 0 Å². The van der Waals surface area contributed by atoms with E-state index in [1.54, 1.807) is 12.3 Å². The first kappa shape index (κ1) is 15.5. The van der Waals surface area contributed by atoms with Gasteiger partial charge < -0.3 is 9.30 Å². The first-order valence-electron chi connectivity index (χ1n) is 8.58. The molecule has 2 aromatic rings. The molecule has 0 N–H and O–H groups in total. The van der Waals surface area contributed by atoms with E-state index < -0.39 is 5.82 Å². The van der Waals surface area contributed by atoms with E-state index in [-0.39, 0.29) is 12.0 Å².